The van der Waals surface area contributed by atoms with Gasteiger partial charge in [-0.3, -0.25) is 4.79 Å². The van der Waals surface area contributed by atoms with Gasteiger partial charge in [-0.2, -0.15) is 0 Å². The van der Waals surface area contributed by atoms with Gasteiger partial charge < -0.3 is 15.2 Å². The van der Waals surface area contributed by atoms with Crippen molar-refractivity contribution in [2.45, 2.75) is 6.61 Å². The van der Waals surface area contributed by atoms with E-state index in [1.54, 1.807) is 30.3 Å². The van der Waals surface area contributed by atoms with Crippen LogP contribution in [0.15, 0.2) is 47.4 Å². The third-order valence-electron chi connectivity index (χ3n) is 3.49. The normalized spacial score (nSPS) is 15.2. The van der Waals surface area contributed by atoms with E-state index in [9.17, 15) is 9.59 Å². The molecule has 0 bridgehead atoms. The number of carboxylic acid groups (broad SMARTS) is 1. The molecule has 0 saturated carbocycles. The molecular formula is C18H12INO4S2. The molecule has 132 valence electrons. The van der Waals surface area contributed by atoms with E-state index >= 15 is 0 Å². The molecule has 1 heterocycles. The largest absolute Gasteiger partial charge is 0.488 e. The summed E-state index contributed by atoms with van der Waals surface area (Å²) in [7, 11) is 0. The van der Waals surface area contributed by atoms with Crippen molar-refractivity contribution >= 4 is 68.8 Å². The first-order valence-corrected chi connectivity index (χ1v) is 9.72. The third kappa shape index (κ3) is 4.63. The van der Waals surface area contributed by atoms with E-state index in [2.05, 4.69) is 27.9 Å². The van der Waals surface area contributed by atoms with Gasteiger partial charge in [0.25, 0.3) is 5.91 Å². The highest BCUT2D eigenvalue weighted by molar-refractivity contribution is 14.1. The molecule has 0 radical (unpaired) electrons. The van der Waals surface area contributed by atoms with Crippen LogP contribution in [0, 0.1) is 3.57 Å². The van der Waals surface area contributed by atoms with Crippen molar-refractivity contribution in [1.29, 1.82) is 0 Å². The predicted octanol–water partition coefficient (Wildman–Crippen LogP) is 4.06. The lowest BCUT2D eigenvalue weighted by atomic mass is 10.1. The first-order chi connectivity index (χ1) is 12.4. The lowest BCUT2D eigenvalue weighted by molar-refractivity contribution is -0.115. The molecule has 1 aliphatic rings. The zero-order valence-electron chi connectivity index (χ0n) is 13.2. The second kappa shape index (κ2) is 8.19. The molecule has 26 heavy (non-hydrogen) atoms. The fourth-order valence-electron chi connectivity index (χ4n) is 2.20. The highest BCUT2D eigenvalue weighted by Crippen LogP contribution is 2.28. The summed E-state index contributed by atoms with van der Waals surface area (Å²) in [4.78, 5) is 23.1. The molecule has 1 aliphatic heterocycles. The van der Waals surface area contributed by atoms with E-state index in [1.807, 2.05) is 18.2 Å². The number of thioether (sulfide) groups is 1. The van der Waals surface area contributed by atoms with E-state index in [0.29, 0.717) is 21.6 Å². The minimum absolute atomic E-state index is 0.180. The Morgan fingerprint density at radius 2 is 2.00 bits per heavy atom. The van der Waals surface area contributed by atoms with Crippen LogP contribution in [0.3, 0.4) is 0 Å². The molecule has 1 fully saturated rings. The number of carboxylic acids is 1. The topological polar surface area (TPSA) is 75.6 Å². The zero-order chi connectivity index (χ0) is 18.7. The van der Waals surface area contributed by atoms with Crippen LogP contribution in [-0.4, -0.2) is 21.3 Å². The third-order valence-corrected chi connectivity index (χ3v) is 5.50. The SMILES string of the molecule is O=C1NC(=S)S/C1=C/c1ccc(OCc2ccc(C(=O)O)cc2)c(I)c1. The lowest BCUT2D eigenvalue weighted by Crippen LogP contribution is -2.17. The molecule has 0 atom stereocenters. The summed E-state index contributed by atoms with van der Waals surface area (Å²) < 4.78 is 7.18. The quantitative estimate of drug-likeness (QED) is 0.369. The van der Waals surface area contributed by atoms with E-state index in [-0.39, 0.29) is 11.5 Å². The molecule has 1 saturated heterocycles. The minimum atomic E-state index is -0.952. The monoisotopic (exact) mass is 497 g/mol. The van der Waals surface area contributed by atoms with Gasteiger partial charge in [0, 0.05) is 0 Å². The Balaban J connectivity index is 1.68. The molecule has 0 unspecified atom stereocenters. The van der Waals surface area contributed by atoms with Gasteiger partial charge in [0.15, 0.2) is 0 Å². The smallest absolute Gasteiger partial charge is 0.335 e. The average molecular weight is 497 g/mol. The summed E-state index contributed by atoms with van der Waals surface area (Å²) in [5.41, 5.74) is 2.01. The Kier molecular flexibility index (Phi) is 5.94. The average Bonchev–Trinajstić information content (AvgIpc) is 2.91. The Hall–Kier alpha value is -1.91. The summed E-state index contributed by atoms with van der Waals surface area (Å²) in [5.74, 6) is -0.416. The van der Waals surface area contributed by atoms with Crippen LogP contribution >= 0.6 is 46.6 Å². The van der Waals surface area contributed by atoms with Gasteiger partial charge in [-0.15, -0.1) is 0 Å². The Bertz CT molecular complexity index is 925. The molecule has 1 amide bonds. The van der Waals surface area contributed by atoms with Gasteiger partial charge in [-0.1, -0.05) is 42.2 Å². The first kappa shape index (κ1) is 18.9. The maximum Gasteiger partial charge on any atom is 0.335 e. The molecule has 2 N–H and O–H groups in total. The number of rotatable bonds is 5. The van der Waals surface area contributed by atoms with Crippen molar-refractivity contribution in [3.63, 3.8) is 0 Å². The summed E-state index contributed by atoms with van der Waals surface area (Å²) in [6.07, 6.45) is 1.79. The number of nitrogens with one attached hydrogen (secondary N) is 1. The van der Waals surface area contributed by atoms with Gasteiger partial charge in [-0.25, -0.2) is 4.79 Å². The highest BCUT2D eigenvalue weighted by Gasteiger charge is 2.22. The number of carbonyl (C=O) groups is 2. The van der Waals surface area contributed by atoms with Crippen LogP contribution in [0.1, 0.15) is 21.5 Å². The van der Waals surface area contributed by atoms with E-state index in [0.717, 1.165) is 14.7 Å². The number of hydrogen-bond donors (Lipinski definition) is 2. The fourth-order valence-corrected chi connectivity index (χ4v) is 3.94. The maximum absolute atomic E-state index is 11.7. The van der Waals surface area contributed by atoms with Crippen LogP contribution in [0.2, 0.25) is 0 Å². The summed E-state index contributed by atoms with van der Waals surface area (Å²) in [6.45, 7) is 0.336. The van der Waals surface area contributed by atoms with E-state index in [4.69, 9.17) is 22.1 Å². The number of benzene rings is 2. The van der Waals surface area contributed by atoms with Gasteiger partial charge in [0.05, 0.1) is 14.0 Å². The summed E-state index contributed by atoms with van der Waals surface area (Å²) in [5, 5.41) is 11.5. The Morgan fingerprint density at radius 3 is 2.58 bits per heavy atom. The maximum atomic E-state index is 11.7. The zero-order valence-corrected chi connectivity index (χ0v) is 17.0. The van der Waals surface area contributed by atoms with Crippen molar-refractivity contribution in [3.8, 4) is 5.75 Å². The van der Waals surface area contributed by atoms with Crippen molar-refractivity contribution in [2.75, 3.05) is 0 Å². The van der Waals surface area contributed by atoms with Crippen LogP contribution in [0.5, 0.6) is 5.75 Å². The molecule has 3 rings (SSSR count). The first-order valence-electron chi connectivity index (χ1n) is 7.42. The number of hydrogen-bond acceptors (Lipinski definition) is 5. The van der Waals surface area contributed by atoms with Gasteiger partial charge in [-0.05, 0) is 64.1 Å². The molecule has 0 aromatic heterocycles. The second-order valence-corrected chi connectivity index (χ2v) is 8.21. The van der Waals surface area contributed by atoms with Gasteiger partial charge in [0.2, 0.25) is 0 Å². The van der Waals surface area contributed by atoms with Crippen LogP contribution in [0.4, 0.5) is 0 Å². The number of halogens is 1. The van der Waals surface area contributed by atoms with Crippen LogP contribution < -0.4 is 10.1 Å². The van der Waals surface area contributed by atoms with Crippen LogP contribution in [-0.2, 0) is 11.4 Å². The number of thiocarbonyl (C=S) groups is 1. The number of carbonyl (C=O) groups excluding carboxylic acids is 1. The number of amides is 1. The van der Waals surface area contributed by atoms with E-state index in [1.165, 1.54) is 11.8 Å². The molecule has 2 aromatic carbocycles. The molecule has 2 aromatic rings. The standard InChI is InChI=1S/C18H12INO4S2/c19-13-7-11(8-15-16(21)20-18(25)26-15)3-6-14(13)24-9-10-1-4-12(5-2-10)17(22)23/h1-8H,9H2,(H,22,23)(H,20,21,25)/b15-8+. The highest BCUT2D eigenvalue weighted by atomic mass is 127. The van der Waals surface area contributed by atoms with Crippen molar-refractivity contribution in [3.05, 3.63) is 67.6 Å². The second-order valence-electron chi connectivity index (χ2n) is 5.33. The predicted molar refractivity (Wildman–Crippen MR) is 113 cm³/mol. The minimum Gasteiger partial charge on any atom is -0.488 e. The molecule has 0 aliphatic carbocycles. The van der Waals surface area contributed by atoms with Gasteiger partial charge >= 0.3 is 5.97 Å². The Morgan fingerprint density at radius 1 is 1.27 bits per heavy atom. The number of ether oxygens (including phenoxy) is 1. The lowest BCUT2D eigenvalue weighted by Gasteiger charge is -2.09. The van der Waals surface area contributed by atoms with Crippen LogP contribution in [0.25, 0.3) is 6.08 Å². The van der Waals surface area contributed by atoms with Crippen molar-refractivity contribution in [1.82, 2.24) is 5.32 Å². The Labute approximate surface area is 173 Å². The molecule has 0 spiro atoms. The fraction of sp³-hybridized carbons (Fsp3) is 0.0556. The van der Waals surface area contributed by atoms with Gasteiger partial charge in [0.1, 0.15) is 16.7 Å². The van der Waals surface area contributed by atoms with Crippen molar-refractivity contribution in [2.24, 2.45) is 0 Å². The molecular weight excluding hydrogens is 485 g/mol. The summed E-state index contributed by atoms with van der Waals surface area (Å²) in [6, 6.07) is 12.2. The molecule has 5 nitrogen and oxygen atoms in total. The summed E-state index contributed by atoms with van der Waals surface area (Å²) >= 11 is 8.39. The molecule has 8 heteroatoms. The van der Waals surface area contributed by atoms with Crippen molar-refractivity contribution < 1.29 is 19.4 Å². The van der Waals surface area contributed by atoms with E-state index < -0.39 is 5.97 Å². The number of aromatic carboxylic acids is 1.